The third-order valence-corrected chi connectivity index (χ3v) is 7.57. The number of piperazine rings is 1. The number of nitrogens with zero attached hydrogens (tertiary/aromatic N) is 4. The lowest BCUT2D eigenvalue weighted by Gasteiger charge is -2.37. The van der Waals surface area contributed by atoms with Crippen LogP contribution in [0.15, 0.2) is 72.8 Å². The van der Waals surface area contributed by atoms with Gasteiger partial charge in [0.2, 0.25) is 5.91 Å². The third kappa shape index (κ3) is 6.91. The molecule has 9 heteroatoms. The maximum absolute atomic E-state index is 13.4. The monoisotopic (exact) mass is 550 g/mol. The number of hydrogen-bond acceptors (Lipinski definition) is 6. The molecule has 2 fully saturated rings. The molecule has 2 saturated heterocycles. The first-order chi connectivity index (χ1) is 20.0. The third-order valence-electron chi connectivity index (χ3n) is 7.57. The van der Waals surface area contributed by atoms with Gasteiger partial charge in [-0.15, -0.1) is 0 Å². The lowest BCUT2D eigenvalue weighted by Crippen LogP contribution is -2.49. The fourth-order valence-electron chi connectivity index (χ4n) is 5.25. The van der Waals surface area contributed by atoms with Crippen molar-refractivity contribution in [3.63, 3.8) is 0 Å². The first-order valence-electron chi connectivity index (χ1n) is 14.0. The molecule has 0 spiro atoms. The lowest BCUT2D eigenvalue weighted by atomic mass is 10.1. The molecule has 0 aromatic heterocycles. The van der Waals surface area contributed by atoms with E-state index in [2.05, 4.69) is 21.6 Å². The molecule has 210 valence electrons. The summed E-state index contributed by atoms with van der Waals surface area (Å²) in [6, 6.07) is 23.7. The highest BCUT2D eigenvalue weighted by Gasteiger charge is 2.25. The average molecular weight is 551 g/mol. The van der Waals surface area contributed by atoms with Crippen LogP contribution in [0.4, 0.5) is 11.4 Å². The number of amides is 3. The molecule has 2 heterocycles. The van der Waals surface area contributed by atoms with E-state index in [-0.39, 0.29) is 17.7 Å². The molecule has 2 aliphatic heterocycles. The predicted molar refractivity (Wildman–Crippen MR) is 158 cm³/mol. The predicted octanol–water partition coefficient (Wildman–Crippen LogP) is 3.14. The van der Waals surface area contributed by atoms with Crippen LogP contribution in [0.3, 0.4) is 0 Å². The Labute approximate surface area is 240 Å². The van der Waals surface area contributed by atoms with Crippen LogP contribution in [0.2, 0.25) is 0 Å². The number of benzene rings is 3. The van der Waals surface area contributed by atoms with Gasteiger partial charge in [-0.1, -0.05) is 30.3 Å². The fourth-order valence-corrected chi connectivity index (χ4v) is 5.25. The summed E-state index contributed by atoms with van der Waals surface area (Å²) in [5.41, 5.74) is 3.75. The van der Waals surface area contributed by atoms with Gasteiger partial charge >= 0.3 is 0 Å². The van der Waals surface area contributed by atoms with E-state index in [0.717, 1.165) is 30.8 Å². The second kappa shape index (κ2) is 13.1. The summed E-state index contributed by atoms with van der Waals surface area (Å²) in [4.78, 5) is 45.4. The largest absolute Gasteiger partial charge is 0.366 e. The highest BCUT2D eigenvalue weighted by Crippen LogP contribution is 2.30. The minimum atomic E-state index is -0.323. The SMILES string of the molecule is N#Cc1ccc(C(=O)Nc2cc(C(=O)N3CCCNCC3)ccc2N2CCN(C(=O)Cc3ccccc3)CC2)cc1. The van der Waals surface area contributed by atoms with Crippen molar-refractivity contribution < 1.29 is 14.4 Å². The Kier molecular flexibility index (Phi) is 8.92. The summed E-state index contributed by atoms with van der Waals surface area (Å²) in [5, 5.41) is 15.4. The van der Waals surface area contributed by atoms with E-state index in [9.17, 15) is 14.4 Å². The van der Waals surface area contributed by atoms with Gasteiger partial charge in [0.15, 0.2) is 0 Å². The van der Waals surface area contributed by atoms with Gasteiger partial charge in [-0.25, -0.2) is 0 Å². The van der Waals surface area contributed by atoms with Crippen molar-refractivity contribution in [1.82, 2.24) is 15.1 Å². The standard InChI is InChI=1S/C32H34N6O3/c33-23-25-7-9-26(10-8-25)31(40)35-28-22-27(32(41)38-15-4-13-34-14-16-38)11-12-29(28)36-17-19-37(20-18-36)30(39)21-24-5-2-1-3-6-24/h1-3,5-12,22,34H,4,13-21H2,(H,35,40). The van der Waals surface area contributed by atoms with E-state index in [4.69, 9.17) is 5.26 Å². The van der Waals surface area contributed by atoms with Crippen LogP contribution >= 0.6 is 0 Å². The molecule has 41 heavy (non-hydrogen) atoms. The smallest absolute Gasteiger partial charge is 0.255 e. The van der Waals surface area contributed by atoms with Crippen LogP contribution in [0.25, 0.3) is 0 Å². The van der Waals surface area contributed by atoms with E-state index in [0.29, 0.717) is 68.1 Å². The van der Waals surface area contributed by atoms with Crippen molar-refractivity contribution in [3.8, 4) is 6.07 Å². The lowest BCUT2D eigenvalue weighted by molar-refractivity contribution is -0.130. The molecular weight excluding hydrogens is 516 g/mol. The van der Waals surface area contributed by atoms with E-state index in [1.165, 1.54) is 0 Å². The Bertz CT molecular complexity index is 1420. The summed E-state index contributed by atoms with van der Waals surface area (Å²) in [6.07, 6.45) is 1.26. The Morgan fingerprint density at radius 1 is 0.805 bits per heavy atom. The second-order valence-electron chi connectivity index (χ2n) is 10.3. The molecule has 9 nitrogen and oxygen atoms in total. The zero-order valence-electron chi connectivity index (χ0n) is 23.0. The van der Waals surface area contributed by atoms with Crippen LogP contribution in [-0.4, -0.2) is 79.9 Å². The molecule has 0 bridgehead atoms. The van der Waals surface area contributed by atoms with Gasteiger partial charge in [0, 0.05) is 56.9 Å². The Hall–Kier alpha value is -4.68. The number of nitrogens with one attached hydrogen (secondary N) is 2. The first kappa shape index (κ1) is 27.9. The Morgan fingerprint density at radius 3 is 2.27 bits per heavy atom. The van der Waals surface area contributed by atoms with Gasteiger partial charge in [0.05, 0.1) is 29.4 Å². The fraction of sp³-hybridized carbons (Fsp3) is 0.312. The molecule has 3 amide bonds. The zero-order chi connectivity index (χ0) is 28.6. The number of carbonyl (C=O) groups excluding carboxylic acids is 3. The number of carbonyl (C=O) groups is 3. The van der Waals surface area contributed by atoms with E-state index >= 15 is 0 Å². The van der Waals surface area contributed by atoms with Gasteiger partial charge in [0.25, 0.3) is 11.8 Å². The topological polar surface area (TPSA) is 109 Å². The minimum Gasteiger partial charge on any atom is -0.366 e. The van der Waals surface area contributed by atoms with E-state index in [1.807, 2.05) is 52.3 Å². The van der Waals surface area contributed by atoms with Gasteiger partial charge in [-0.2, -0.15) is 5.26 Å². The van der Waals surface area contributed by atoms with E-state index in [1.54, 1.807) is 30.3 Å². The van der Waals surface area contributed by atoms with E-state index < -0.39 is 0 Å². The maximum atomic E-state index is 13.4. The van der Waals surface area contributed by atoms with Crippen molar-refractivity contribution in [2.75, 3.05) is 62.6 Å². The van der Waals surface area contributed by atoms with Crippen LogP contribution < -0.4 is 15.5 Å². The molecule has 5 rings (SSSR count). The van der Waals surface area contributed by atoms with Crippen molar-refractivity contribution in [2.45, 2.75) is 12.8 Å². The van der Waals surface area contributed by atoms with Crippen molar-refractivity contribution in [3.05, 3.63) is 95.1 Å². The molecule has 2 aliphatic rings. The Balaban J connectivity index is 1.34. The van der Waals surface area contributed by atoms with Gasteiger partial charge in [-0.05, 0) is 61.0 Å². The molecule has 0 radical (unpaired) electrons. The van der Waals surface area contributed by atoms with Crippen LogP contribution in [0.1, 0.15) is 38.3 Å². The van der Waals surface area contributed by atoms with Gasteiger partial charge in [-0.3, -0.25) is 14.4 Å². The van der Waals surface area contributed by atoms with Crippen LogP contribution in [-0.2, 0) is 11.2 Å². The molecule has 0 atom stereocenters. The van der Waals surface area contributed by atoms with Crippen molar-refractivity contribution in [2.24, 2.45) is 0 Å². The second-order valence-corrected chi connectivity index (χ2v) is 10.3. The highest BCUT2D eigenvalue weighted by molar-refractivity contribution is 6.07. The molecular formula is C32H34N6O3. The van der Waals surface area contributed by atoms with Gasteiger partial charge in [0.1, 0.15) is 0 Å². The summed E-state index contributed by atoms with van der Waals surface area (Å²) in [6.45, 7) is 5.28. The number of nitriles is 1. The average Bonchev–Trinajstić information content (AvgIpc) is 3.31. The van der Waals surface area contributed by atoms with Crippen LogP contribution in [0, 0.1) is 11.3 Å². The summed E-state index contributed by atoms with van der Waals surface area (Å²) >= 11 is 0. The first-order valence-corrected chi connectivity index (χ1v) is 14.0. The molecule has 0 unspecified atom stereocenters. The number of anilines is 2. The Morgan fingerprint density at radius 2 is 1.54 bits per heavy atom. The molecule has 3 aromatic rings. The zero-order valence-corrected chi connectivity index (χ0v) is 23.0. The molecule has 2 N–H and O–H groups in total. The van der Waals surface area contributed by atoms with Gasteiger partial charge < -0.3 is 25.3 Å². The summed E-state index contributed by atoms with van der Waals surface area (Å²) in [7, 11) is 0. The summed E-state index contributed by atoms with van der Waals surface area (Å²) < 4.78 is 0. The number of hydrogen-bond donors (Lipinski definition) is 2. The molecule has 3 aromatic carbocycles. The highest BCUT2D eigenvalue weighted by atomic mass is 16.2. The number of rotatable bonds is 6. The molecule has 0 saturated carbocycles. The summed E-state index contributed by atoms with van der Waals surface area (Å²) in [5.74, 6) is -0.292. The van der Waals surface area contributed by atoms with Crippen molar-refractivity contribution in [1.29, 1.82) is 5.26 Å². The quantitative estimate of drug-likeness (QED) is 0.488. The molecule has 0 aliphatic carbocycles. The minimum absolute atomic E-state index is 0.0644. The maximum Gasteiger partial charge on any atom is 0.255 e. The van der Waals surface area contributed by atoms with Crippen molar-refractivity contribution >= 4 is 29.1 Å². The normalized spacial score (nSPS) is 15.5. The van der Waals surface area contributed by atoms with Crippen LogP contribution in [0.5, 0.6) is 0 Å².